The fraction of sp³-hybridized carbons (Fsp3) is 0.429. The molecule has 25 heavy (non-hydrogen) atoms. The van der Waals surface area contributed by atoms with E-state index in [0.29, 0.717) is 5.95 Å². The molecule has 1 aliphatic rings. The highest BCUT2D eigenvalue weighted by atomic mass is 15.1. The van der Waals surface area contributed by atoms with Gasteiger partial charge in [0.05, 0.1) is 5.69 Å². The van der Waals surface area contributed by atoms with E-state index in [9.17, 15) is 0 Å². The van der Waals surface area contributed by atoms with E-state index in [1.54, 1.807) is 5.57 Å². The van der Waals surface area contributed by atoms with Crippen LogP contribution in [0.15, 0.2) is 48.0 Å². The van der Waals surface area contributed by atoms with Gasteiger partial charge in [0.2, 0.25) is 5.95 Å². The lowest BCUT2D eigenvalue weighted by Crippen LogP contribution is -2.10. The topological polar surface area (TPSA) is 49.8 Å². The minimum atomic E-state index is 0.697. The second-order valence-corrected chi connectivity index (χ2v) is 6.54. The van der Waals surface area contributed by atoms with Gasteiger partial charge in [0, 0.05) is 24.7 Å². The Bertz CT molecular complexity index is 694. The van der Waals surface area contributed by atoms with Gasteiger partial charge in [-0.3, -0.25) is 0 Å². The zero-order valence-corrected chi connectivity index (χ0v) is 15.1. The minimum absolute atomic E-state index is 0.697. The van der Waals surface area contributed by atoms with Crippen molar-refractivity contribution in [3.63, 3.8) is 0 Å². The Hall–Kier alpha value is -2.36. The fourth-order valence-corrected chi connectivity index (χ4v) is 3.09. The van der Waals surface area contributed by atoms with Crippen LogP contribution < -0.4 is 10.6 Å². The zero-order valence-electron chi connectivity index (χ0n) is 15.1. The van der Waals surface area contributed by atoms with Crippen molar-refractivity contribution in [2.24, 2.45) is 0 Å². The third-order valence-electron chi connectivity index (χ3n) is 4.47. The highest BCUT2D eigenvalue weighted by Gasteiger charge is 2.07. The van der Waals surface area contributed by atoms with E-state index in [1.807, 2.05) is 24.3 Å². The summed E-state index contributed by atoms with van der Waals surface area (Å²) in [5.74, 6) is 1.59. The van der Waals surface area contributed by atoms with Gasteiger partial charge in [-0.15, -0.1) is 0 Å². The molecule has 1 heterocycles. The van der Waals surface area contributed by atoms with Gasteiger partial charge in [-0.2, -0.15) is 4.98 Å². The van der Waals surface area contributed by atoms with Gasteiger partial charge in [0.1, 0.15) is 5.82 Å². The van der Waals surface area contributed by atoms with Gasteiger partial charge in [0.25, 0.3) is 0 Å². The summed E-state index contributed by atoms with van der Waals surface area (Å²) >= 11 is 0. The molecular formula is C21H28N4. The maximum atomic E-state index is 4.67. The molecule has 1 aromatic heterocycles. The molecule has 0 spiro atoms. The minimum Gasteiger partial charge on any atom is -0.370 e. The lowest BCUT2D eigenvalue weighted by molar-refractivity contribution is 0.679. The van der Waals surface area contributed by atoms with Crippen molar-refractivity contribution in [3.8, 4) is 11.3 Å². The summed E-state index contributed by atoms with van der Waals surface area (Å²) in [6.07, 6.45) is 9.74. The first-order valence-electron chi connectivity index (χ1n) is 9.45. The van der Waals surface area contributed by atoms with Crippen molar-refractivity contribution in [3.05, 3.63) is 48.0 Å². The van der Waals surface area contributed by atoms with Gasteiger partial charge < -0.3 is 10.6 Å². The van der Waals surface area contributed by atoms with E-state index in [4.69, 9.17) is 0 Å². The summed E-state index contributed by atoms with van der Waals surface area (Å²) < 4.78 is 0. The third kappa shape index (κ3) is 5.31. The standard InChI is InChI=1S/C21H28N4/c1-2-14-23-21-24-19(18-11-7-4-8-12-18)16-20(25-21)22-15-13-17-9-5-3-6-10-17/h4,7-9,11-12,16H,2-3,5-6,10,13-15H2,1H3,(H2,22,23,24,25). The summed E-state index contributed by atoms with van der Waals surface area (Å²) in [5.41, 5.74) is 3.65. The molecule has 132 valence electrons. The van der Waals surface area contributed by atoms with Gasteiger partial charge >= 0.3 is 0 Å². The highest BCUT2D eigenvalue weighted by Crippen LogP contribution is 2.23. The van der Waals surface area contributed by atoms with Gasteiger partial charge in [-0.05, 0) is 38.5 Å². The normalized spacial score (nSPS) is 14.0. The Morgan fingerprint density at radius 3 is 2.64 bits per heavy atom. The molecule has 0 saturated carbocycles. The van der Waals surface area contributed by atoms with Crippen molar-refractivity contribution in [2.75, 3.05) is 23.7 Å². The number of anilines is 2. The Morgan fingerprint density at radius 1 is 1.00 bits per heavy atom. The van der Waals surface area contributed by atoms with E-state index in [-0.39, 0.29) is 0 Å². The number of hydrogen-bond acceptors (Lipinski definition) is 4. The van der Waals surface area contributed by atoms with Crippen LogP contribution in [0.5, 0.6) is 0 Å². The van der Waals surface area contributed by atoms with Crippen molar-refractivity contribution < 1.29 is 0 Å². The van der Waals surface area contributed by atoms with Crippen LogP contribution in [0, 0.1) is 0 Å². The number of allylic oxidation sites excluding steroid dienone is 1. The van der Waals surface area contributed by atoms with Crippen LogP contribution in [-0.4, -0.2) is 23.1 Å². The summed E-state index contributed by atoms with van der Waals surface area (Å²) in [6.45, 7) is 3.94. The van der Waals surface area contributed by atoms with Gasteiger partial charge in [0.15, 0.2) is 0 Å². The molecule has 2 aromatic rings. The molecule has 0 fully saturated rings. The maximum Gasteiger partial charge on any atom is 0.225 e. The lowest BCUT2D eigenvalue weighted by atomic mass is 9.97. The summed E-state index contributed by atoms with van der Waals surface area (Å²) in [5, 5.41) is 6.80. The maximum absolute atomic E-state index is 4.67. The first kappa shape index (κ1) is 17.5. The second-order valence-electron chi connectivity index (χ2n) is 6.54. The first-order valence-corrected chi connectivity index (χ1v) is 9.45. The Kier molecular flexibility index (Phi) is 6.43. The molecule has 0 atom stereocenters. The average molecular weight is 336 g/mol. The van der Waals surface area contributed by atoms with Crippen LogP contribution in [0.25, 0.3) is 11.3 Å². The molecule has 0 bridgehead atoms. The quantitative estimate of drug-likeness (QED) is 0.645. The van der Waals surface area contributed by atoms with E-state index in [0.717, 1.165) is 43.0 Å². The van der Waals surface area contributed by atoms with Crippen LogP contribution in [0.3, 0.4) is 0 Å². The number of rotatable bonds is 8. The molecule has 1 aliphatic carbocycles. The van der Waals surface area contributed by atoms with Gasteiger partial charge in [-0.1, -0.05) is 48.9 Å². The summed E-state index contributed by atoms with van der Waals surface area (Å²) in [6, 6.07) is 12.3. The molecule has 0 amide bonds. The lowest BCUT2D eigenvalue weighted by Gasteiger charge is -2.14. The van der Waals surface area contributed by atoms with Crippen LogP contribution in [0.1, 0.15) is 45.4 Å². The first-order chi connectivity index (χ1) is 12.3. The molecule has 2 N–H and O–H groups in total. The number of nitrogens with zero attached hydrogens (tertiary/aromatic N) is 2. The number of aromatic nitrogens is 2. The Labute approximate surface area is 150 Å². The van der Waals surface area contributed by atoms with E-state index in [2.05, 4.69) is 45.7 Å². The summed E-state index contributed by atoms with van der Waals surface area (Å²) in [7, 11) is 0. The highest BCUT2D eigenvalue weighted by molar-refractivity contribution is 5.64. The van der Waals surface area contributed by atoms with Crippen molar-refractivity contribution in [2.45, 2.75) is 45.4 Å². The van der Waals surface area contributed by atoms with Crippen LogP contribution in [0.4, 0.5) is 11.8 Å². The third-order valence-corrected chi connectivity index (χ3v) is 4.47. The van der Waals surface area contributed by atoms with Crippen LogP contribution >= 0.6 is 0 Å². The molecule has 0 radical (unpaired) electrons. The molecule has 4 heteroatoms. The molecule has 3 rings (SSSR count). The average Bonchev–Trinajstić information content (AvgIpc) is 2.68. The number of benzene rings is 1. The molecule has 1 aromatic carbocycles. The molecule has 4 nitrogen and oxygen atoms in total. The monoisotopic (exact) mass is 336 g/mol. The predicted octanol–water partition coefficient (Wildman–Crippen LogP) is 5.27. The summed E-state index contributed by atoms with van der Waals surface area (Å²) in [4.78, 5) is 9.29. The van der Waals surface area contributed by atoms with E-state index >= 15 is 0 Å². The van der Waals surface area contributed by atoms with Crippen LogP contribution in [0.2, 0.25) is 0 Å². The SMILES string of the molecule is CCCNc1nc(NCCC2=CCCCC2)cc(-c2ccccc2)n1. The van der Waals surface area contributed by atoms with Gasteiger partial charge in [-0.25, -0.2) is 4.98 Å². The Morgan fingerprint density at radius 2 is 1.88 bits per heavy atom. The van der Waals surface area contributed by atoms with Crippen molar-refractivity contribution in [1.29, 1.82) is 0 Å². The van der Waals surface area contributed by atoms with Crippen LogP contribution in [-0.2, 0) is 0 Å². The van der Waals surface area contributed by atoms with E-state index < -0.39 is 0 Å². The largest absolute Gasteiger partial charge is 0.370 e. The predicted molar refractivity (Wildman–Crippen MR) is 106 cm³/mol. The number of hydrogen-bond donors (Lipinski definition) is 2. The molecular weight excluding hydrogens is 308 g/mol. The second kappa shape index (κ2) is 9.21. The van der Waals surface area contributed by atoms with E-state index in [1.165, 1.54) is 25.7 Å². The fourth-order valence-electron chi connectivity index (χ4n) is 3.09. The molecule has 0 unspecified atom stereocenters. The van der Waals surface area contributed by atoms with Crippen molar-refractivity contribution >= 4 is 11.8 Å². The molecule has 0 aliphatic heterocycles. The van der Waals surface area contributed by atoms with Crippen molar-refractivity contribution in [1.82, 2.24) is 9.97 Å². The molecule has 0 saturated heterocycles. The zero-order chi connectivity index (χ0) is 17.3. The number of nitrogens with one attached hydrogen (secondary N) is 2. The Balaban J connectivity index is 1.71. The smallest absolute Gasteiger partial charge is 0.225 e.